The lowest BCUT2D eigenvalue weighted by Crippen LogP contribution is -2.40. The molecule has 0 spiro atoms. The van der Waals surface area contributed by atoms with Crippen LogP contribution in [0.3, 0.4) is 0 Å². The summed E-state index contributed by atoms with van der Waals surface area (Å²) in [5, 5.41) is 5.22. The third kappa shape index (κ3) is 5.06. The molecule has 3 rings (SSSR count). The van der Waals surface area contributed by atoms with Crippen LogP contribution in [0.4, 0.5) is 0 Å². The molecule has 176 valence electrons. The van der Waals surface area contributed by atoms with Gasteiger partial charge in [-0.25, -0.2) is 4.79 Å². The Balaban J connectivity index is 1.82. The van der Waals surface area contributed by atoms with Crippen molar-refractivity contribution in [3.05, 3.63) is 83.7 Å². The van der Waals surface area contributed by atoms with Crippen LogP contribution in [0.1, 0.15) is 47.1 Å². The van der Waals surface area contributed by atoms with Gasteiger partial charge in [-0.05, 0) is 55.7 Å². The van der Waals surface area contributed by atoms with Gasteiger partial charge in [0.1, 0.15) is 11.4 Å². The molecule has 1 aliphatic rings. The predicted octanol–water partition coefficient (Wildman–Crippen LogP) is 3.15. The van der Waals surface area contributed by atoms with E-state index in [2.05, 4.69) is 28.5 Å². The van der Waals surface area contributed by atoms with Crippen LogP contribution in [-0.4, -0.2) is 41.2 Å². The van der Waals surface area contributed by atoms with Crippen molar-refractivity contribution in [2.45, 2.75) is 32.9 Å². The molecule has 2 N–H and O–H groups in total. The van der Waals surface area contributed by atoms with Gasteiger partial charge in [0.05, 0.1) is 13.7 Å². The number of nitrogens with zero attached hydrogens (tertiary/aromatic N) is 1. The lowest BCUT2D eigenvalue weighted by atomic mass is 9.96. The van der Waals surface area contributed by atoms with Crippen molar-refractivity contribution in [2.75, 3.05) is 7.11 Å². The van der Waals surface area contributed by atoms with E-state index >= 15 is 0 Å². The lowest BCUT2D eigenvalue weighted by Gasteiger charge is -2.20. The number of esters is 1. The SMILES string of the molecule is C=C(NC(=O)C(=C)N1Cc2c(cccc2-c2ccc(C(=O)NC(C)(C)C)cc2)C1=O)C(=O)OC. The molecule has 1 heterocycles. The Hall–Kier alpha value is -4.20. The molecule has 3 amide bonds. The van der Waals surface area contributed by atoms with Gasteiger partial charge in [0.2, 0.25) is 0 Å². The topological polar surface area (TPSA) is 105 Å². The van der Waals surface area contributed by atoms with E-state index in [4.69, 9.17) is 0 Å². The van der Waals surface area contributed by atoms with Crippen LogP contribution in [0.15, 0.2) is 67.0 Å². The Morgan fingerprint density at radius 1 is 1.00 bits per heavy atom. The van der Waals surface area contributed by atoms with Crippen LogP contribution in [0.25, 0.3) is 11.1 Å². The molecule has 2 aromatic carbocycles. The number of nitrogens with one attached hydrogen (secondary N) is 2. The van der Waals surface area contributed by atoms with Crippen LogP contribution >= 0.6 is 0 Å². The van der Waals surface area contributed by atoms with E-state index in [1.807, 2.05) is 39.0 Å². The van der Waals surface area contributed by atoms with E-state index in [9.17, 15) is 19.2 Å². The first-order valence-corrected chi connectivity index (χ1v) is 10.6. The van der Waals surface area contributed by atoms with Gasteiger partial charge in [0, 0.05) is 16.7 Å². The van der Waals surface area contributed by atoms with Crippen LogP contribution in [-0.2, 0) is 20.9 Å². The standard InChI is InChI=1S/C26H27N3O5/c1-15(25(33)34-6)27-22(30)16(2)29-14-21-19(8-7-9-20(21)24(29)32)17-10-12-18(13-11-17)23(31)28-26(3,4)5/h7-13H,1-2,14H2,3-6H3,(H,27,30)(H,28,31). The van der Waals surface area contributed by atoms with Crippen molar-refractivity contribution in [3.63, 3.8) is 0 Å². The van der Waals surface area contributed by atoms with Crippen LogP contribution in [0.2, 0.25) is 0 Å². The minimum absolute atomic E-state index is 0.119. The summed E-state index contributed by atoms with van der Waals surface area (Å²) in [6, 6.07) is 12.4. The Labute approximate surface area is 198 Å². The third-order valence-corrected chi connectivity index (χ3v) is 5.20. The van der Waals surface area contributed by atoms with Gasteiger partial charge >= 0.3 is 5.97 Å². The lowest BCUT2D eigenvalue weighted by molar-refractivity contribution is -0.137. The molecule has 2 aromatic rings. The van der Waals surface area contributed by atoms with Gasteiger partial charge < -0.3 is 15.4 Å². The van der Waals surface area contributed by atoms with Crippen molar-refractivity contribution in [1.82, 2.24) is 15.5 Å². The minimum Gasteiger partial charge on any atom is -0.464 e. The second kappa shape index (κ2) is 9.35. The number of fused-ring (bicyclic) bond motifs is 1. The van der Waals surface area contributed by atoms with Gasteiger partial charge in [-0.3, -0.25) is 19.3 Å². The first-order chi connectivity index (χ1) is 15.9. The number of amides is 3. The summed E-state index contributed by atoms with van der Waals surface area (Å²) in [5.74, 6) is -2.07. The molecular weight excluding hydrogens is 434 g/mol. The highest BCUT2D eigenvalue weighted by atomic mass is 16.5. The summed E-state index contributed by atoms with van der Waals surface area (Å²) in [6.07, 6.45) is 0. The summed E-state index contributed by atoms with van der Waals surface area (Å²) in [5.41, 5.74) is 2.63. The van der Waals surface area contributed by atoms with Crippen LogP contribution in [0, 0.1) is 0 Å². The normalized spacial score (nSPS) is 12.6. The highest BCUT2D eigenvalue weighted by Gasteiger charge is 2.33. The van der Waals surface area contributed by atoms with Gasteiger partial charge in [0.25, 0.3) is 17.7 Å². The first-order valence-electron chi connectivity index (χ1n) is 10.6. The van der Waals surface area contributed by atoms with Crippen LogP contribution in [0.5, 0.6) is 0 Å². The molecule has 0 fully saturated rings. The Morgan fingerprint density at radius 2 is 1.62 bits per heavy atom. The molecular formula is C26H27N3O5. The van der Waals surface area contributed by atoms with E-state index in [0.29, 0.717) is 11.1 Å². The third-order valence-electron chi connectivity index (χ3n) is 5.20. The fraction of sp³-hybridized carbons (Fsp3) is 0.231. The van der Waals surface area contributed by atoms with Gasteiger partial charge in [-0.2, -0.15) is 0 Å². The molecule has 0 bridgehead atoms. The Bertz CT molecular complexity index is 1210. The second-order valence-electron chi connectivity index (χ2n) is 8.88. The maximum atomic E-state index is 13.0. The number of rotatable bonds is 6. The fourth-order valence-corrected chi connectivity index (χ4v) is 3.54. The number of benzene rings is 2. The average molecular weight is 462 g/mol. The maximum absolute atomic E-state index is 13.0. The van der Waals surface area contributed by atoms with Crippen molar-refractivity contribution >= 4 is 23.7 Å². The monoisotopic (exact) mass is 461 g/mol. The largest absolute Gasteiger partial charge is 0.464 e. The second-order valence-corrected chi connectivity index (χ2v) is 8.88. The summed E-state index contributed by atoms with van der Waals surface area (Å²) in [4.78, 5) is 50.7. The molecule has 0 atom stereocenters. The van der Waals surface area contributed by atoms with E-state index in [1.165, 1.54) is 12.0 Å². The summed E-state index contributed by atoms with van der Waals surface area (Å²) in [6.45, 7) is 13.0. The summed E-state index contributed by atoms with van der Waals surface area (Å²) < 4.78 is 4.51. The van der Waals surface area contributed by atoms with E-state index in [0.717, 1.165) is 16.7 Å². The predicted molar refractivity (Wildman–Crippen MR) is 127 cm³/mol. The van der Waals surface area contributed by atoms with Gasteiger partial charge in [-0.15, -0.1) is 0 Å². The highest BCUT2D eigenvalue weighted by Crippen LogP contribution is 2.34. The molecule has 8 heteroatoms. The number of carbonyl (C=O) groups excluding carboxylic acids is 4. The van der Waals surface area contributed by atoms with Crippen LogP contribution < -0.4 is 10.6 Å². The molecule has 1 aliphatic heterocycles. The van der Waals surface area contributed by atoms with Crippen molar-refractivity contribution in [1.29, 1.82) is 0 Å². The van der Waals surface area contributed by atoms with Gasteiger partial charge in [0.15, 0.2) is 0 Å². The first kappa shape index (κ1) is 24.4. The molecule has 0 saturated carbocycles. The molecule has 8 nitrogen and oxygen atoms in total. The van der Waals surface area contributed by atoms with E-state index in [-0.39, 0.29) is 35.3 Å². The van der Waals surface area contributed by atoms with E-state index < -0.39 is 11.9 Å². The molecule has 0 radical (unpaired) electrons. The van der Waals surface area contributed by atoms with E-state index in [1.54, 1.807) is 24.3 Å². The number of methoxy groups -OCH3 is 1. The molecule has 0 aromatic heterocycles. The molecule has 0 saturated heterocycles. The highest BCUT2D eigenvalue weighted by molar-refractivity contribution is 6.08. The minimum atomic E-state index is -0.793. The zero-order chi connectivity index (χ0) is 25.2. The zero-order valence-corrected chi connectivity index (χ0v) is 19.7. The quantitative estimate of drug-likeness (QED) is 0.508. The van der Waals surface area contributed by atoms with Crippen molar-refractivity contribution < 1.29 is 23.9 Å². The molecule has 0 unspecified atom stereocenters. The van der Waals surface area contributed by atoms with Crippen molar-refractivity contribution in [3.8, 4) is 11.1 Å². The number of hydrogen-bond acceptors (Lipinski definition) is 5. The Morgan fingerprint density at radius 3 is 2.21 bits per heavy atom. The maximum Gasteiger partial charge on any atom is 0.353 e. The smallest absolute Gasteiger partial charge is 0.353 e. The van der Waals surface area contributed by atoms with Crippen molar-refractivity contribution in [2.24, 2.45) is 0 Å². The Kier molecular flexibility index (Phi) is 6.72. The number of hydrogen-bond donors (Lipinski definition) is 2. The fourth-order valence-electron chi connectivity index (χ4n) is 3.54. The molecule has 34 heavy (non-hydrogen) atoms. The number of ether oxygens (including phenoxy) is 1. The molecule has 0 aliphatic carbocycles. The zero-order valence-electron chi connectivity index (χ0n) is 19.7. The average Bonchev–Trinajstić information content (AvgIpc) is 3.13. The summed E-state index contributed by atoms with van der Waals surface area (Å²) in [7, 11) is 1.17. The van der Waals surface area contributed by atoms with Gasteiger partial charge in [-0.1, -0.05) is 37.4 Å². The summed E-state index contributed by atoms with van der Waals surface area (Å²) >= 11 is 0. The number of carbonyl (C=O) groups is 4.